The van der Waals surface area contributed by atoms with Crippen LogP contribution in [0.4, 0.5) is 0 Å². The van der Waals surface area contributed by atoms with Crippen molar-refractivity contribution in [2.75, 3.05) is 27.2 Å². The zero-order valence-corrected chi connectivity index (χ0v) is 9.88. The van der Waals surface area contributed by atoms with Gasteiger partial charge in [0.1, 0.15) is 0 Å². The molecule has 0 atom stereocenters. The summed E-state index contributed by atoms with van der Waals surface area (Å²) in [6.07, 6.45) is 8.63. The van der Waals surface area contributed by atoms with Crippen LogP contribution in [0.1, 0.15) is 32.1 Å². The number of carbonyl (C=O) groups excluding carboxylic acids is 1. The van der Waals surface area contributed by atoms with Crippen LogP contribution in [0.25, 0.3) is 0 Å². The standard InChI is InChI=1S/C12H22N2O/c1-14(2)12(15)10-13-9-8-11-6-4-3-5-7-11/h6,13H,3-5,7-10H2,1-2H3. The first-order valence-electron chi connectivity index (χ1n) is 5.79. The van der Waals surface area contributed by atoms with Gasteiger partial charge < -0.3 is 10.2 Å². The summed E-state index contributed by atoms with van der Waals surface area (Å²) in [6.45, 7) is 1.38. The molecule has 0 fully saturated rings. The number of hydrogen-bond acceptors (Lipinski definition) is 2. The van der Waals surface area contributed by atoms with Gasteiger partial charge in [-0.15, -0.1) is 0 Å². The lowest BCUT2D eigenvalue weighted by atomic mass is 9.97. The number of nitrogens with one attached hydrogen (secondary N) is 1. The monoisotopic (exact) mass is 210 g/mol. The Morgan fingerprint density at radius 2 is 2.27 bits per heavy atom. The van der Waals surface area contributed by atoms with Gasteiger partial charge in [-0.3, -0.25) is 4.79 Å². The molecule has 0 saturated carbocycles. The Hall–Kier alpha value is -0.830. The Labute approximate surface area is 92.5 Å². The van der Waals surface area contributed by atoms with E-state index in [0.29, 0.717) is 6.54 Å². The molecule has 0 bridgehead atoms. The fourth-order valence-electron chi connectivity index (χ4n) is 1.73. The molecule has 1 aliphatic rings. The molecular weight excluding hydrogens is 188 g/mol. The summed E-state index contributed by atoms with van der Waals surface area (Å²) in [5.74, 6) is 0.146. The van der Waals surface area contributed by atoms with E-state index in [4.69, 9.17) is 0 Å². The van der Waals surface area contributed by atoms with Crippen LogP contribution in [0.5, 0.6) is 0 Å². The Balaban J connectivity index is 2.06. The maximum atomic E-state index is 11.2. The number of hydrogen-bond donors (Lipinski definition) is 1. The topological polar surface area (TPSA) is 32.3 Å². The predicted octanol–water partition coefficient (Wildman–Crippen LogP) is 1.55. The van der Waals surface area contributed by atoms with Gasteiger partial charge in [0.25, 0.3) is 0 Å². The molecule has 0 radical (unpaired) electrons. The molecule has 1 rings (SSSR count). The molecule has 0 aliphatic heterocycles. The summed E-state index contributed by atoms with van der Waals surface area (Å²) >= 11 is 0. The zero-order chi connectivity index (χ0) is 11.1. The fourth-order valence-corrected chi connectivity index (χ4v) is 1.73. The highest BCUT2D eigenvalue weighted by atomic mass is 16.2. The Kier molecular flexibility index (Phi) is 5.40. The SMILES string of the molecule is CN(C)C(=O)CNCCC1=CCCCC1. The van der Waals surface area contributed by atoms with Gasteiger partial charge in [-0.2, -0.15) is 0 Å². The van der Waals surface area contributed by atoms with Crippen molar-refractivity contribution < 1.29 is 4.79 Å². The average molecular weight is 210 g/mol. The van der Waals surface area contributed by atoms with Crippen LogP contribution in [-0.4, -0.2) is 38.0 Å². The van der Waals surface area contributed by atoms with E-state index in [1.54, 1.807) is 24.6 Å². The summed E-state index contributed by atoms with van der Waals surface area (Å²) in [7, 11) is 3.57. The largest absolute Gasteiger partial charge is 0.348 e. The predicted molar refractivity (Wildman–Crippen MR) is 62.7 cm³/mol. The van der Waals surface area contributed by atoms with Crippen LogP contribution >= 0.6 is 0 Å². The van der Waals surface area contributed by atoms with Gasteiger partial charge in [0.2, 0.25) is 5.91 Å². The molecule has 3 nitrogen and oxygen atoms in total. The van der Waals surface area contributed by atoms with Gasteiger partial charge in [-0.25, -0.2) is 0 Å². The van der Waals surface area contributed by atoms with E-state index in [1.807, 2.05) is 0 Å². The molecule has 0 saturated heterocycles. The molecule has 0 aromatic rings. The van der Waals surface area contributed by atoms with Crippen LogP contribution in [-0.2, 0) is 4.79 Å². The van der Waals surface area contributed by atoms with Gasteiger partial charge >= 0.3 is 0 Å². The van der Waals surface area contributed by atoms with E-state index in [2.05, 4.69) is 11.4 Å². The third kappa shape index (κ3) is 4.98. The molecule has 1 amide bonds. The minimum Gasteiger partial charge on any atom is -0.348 e. The van der Waals surface area contributed by atoms with E-state index >= 15 is 0 Å². The number of carbonyl (C=O) groups is 1. The van der Waals surface area contributed by atoms with Gasteiger partial charge in [-0.1, -0.05) is 11.6 Å². The number of rotatable bonds is 5. The first-order valence-corrected chi connectivity index (χ1v) is 5.79. The minimum atomic E-state index is 0.146. The second kappa shape index (κ2) is 6.62. The van der Waals surface area contributed by atoms with Gasteiger partial charge in [0.15, 0.2) is 0 Å². The van der Waals surface area contributed by atoms with Crippen molar-refractivity contribution in [1.82, 2.24) is 10.2 Å². The molecule has 1 N–H and O–H groups in total. The molecule has 1 aliphatic carbocycles. The Morgan fingerprint density at radius 3 is 2.87 bits per heavy atom. The van der Waals surface area contributed by atoms with Crippen molar-refractivity contribution in [2.24, 2.45) is 0 Å². The third-order valence-electron chi connectivity index (χ3n) is 2.78. The van der Waals surface area contributed by atoms with Crippen LogP contribution in [0.2, 0.25) is 0 Å². The number of amides is 1. The number of allylic oxidation sites excluding steroid dienone is 1. The second-order valence-electron chi connectivity index (χ2n) is 4.32. The van der Waals surface area contributed by atoms with Crippen molar-refractivity contribution in [3.63, 3.8) is 0 Å². The average Bonchev–Trinajstić information content (AvgIpc) is 2.25. The van der Waals surface area contributed by atoms with E-state index in [1.165, 1.54) is 25.7 Å². The van der Waals surface area contributed by atoms with Crippen LogP contribution in [0.15, 0.2) is 11.6 Å². The lowest BCUT2D eigenvalue weighted by molar-refractivity contribution is -0.127. The maximum absolute atomic E-state index is 11.2. The lowest BCUT2D eigenvalue weighted by Crippen LogP contribution is -2.33. The van der Waals surface area contributed by atoms with Gasteiger partial charge in [0, 0.05) is 14.1 Å². The first-order chi connectivity index (χ1) is 7.20. The summed E-state index contributed by atoms with van der Waals surface area (Å²) in [5, 5.41) is 3.18. The normalized spacial score (nSPS) is 16.0. The summed E-state index contributed by atoms with van der Waals surface area (Å²) < 4.78 is 0. The Bertz CT molecular complexity index is 234. The maximum Gasteiger partial charge on any atom is 0.236 e. The summed E-state index contributed by atoms with van der Waals surface area (Å²) in [5.41, 5.74) is 1.56. The minimum absolute atomic E-state index is 0.146. The van der Waals surface area contributed by atoms with Crippen molar-refractivity contribution in [1.29, 1.82) is 0 Å². The molecule has 0 spiro atoms. The summed E-state index contributed by atoms with van der Waals surface area (Å²) in [6, 6.07) is 0. The summed E-state index contributed by atoms with van der Waals surface area (Å²) in [4.78, 5) is 12.9. The van der Waals surface area contributed by atoms with E-state index in [-0.39, 0.29) is 5.91 Å². The highest BCUT2D eigenvalue weighted by Gasteiger charge is 2.05. The number of nitrogens with zero attached hydrogens (tertiary/aromatic N) is 1. The number of likely N-dealkylation sites (N-methyl/N-ethyl adjacent to an activating group) is 1. The van der Waals surface area contributed by atoms with Gasteiger partial charge in [-0.05, 0) is 38.6 Å². The Morgan fingerprint density at radius 1 is 1.47 bits per heavy atom. The highest BCUT2D eigenvalue weighted by molar-refractivity contribution is 5.77. The lowest BCUT2D eigenvalue weighted by Gasteiger charge is -2.14. The van der Waals surface area contributed by atoms with E-state index in [0.717, 1.165) is 13.0 Å². The van der Waals surface area contributed by atoms with Crippen LogP contribution in [0, 0.1) is 0 Å². The van der Waals surface area contributed by atoms with E-state index < -0.39 is 0 Å². The molecule has 0 heterocycles. The molecular formula is C12H22N2O. The van der Waals surface area contributed by atoms with Crippen molar-refractivity contribution >= 4 is 5.91 Å². The van der Waals surface area contributed by atoms with Crippen LogP contribution < -0.4 is 5.32 Å². The highest BCUT2D eigenvalue weighted by Crippen LogP contribution is 2.19. The second-order valence-corrected chi connectivity index (χ2v) is 4.32. The van der Waals surface area contributed by atoms with Crippen LogP contribution in [0.3, 0.4) is 0 Å². The molecule has 0 aromatic heterocycles. The van der Waals surface area contributed by atoms with Gasteiger partial charge in [0.05, 0.1) is 6.54 Å². The van der Waals surface area contributed by atoms with Crippen molar-refractivity contribution in [3.05, 3.63) is 11.6 Å². The van der Waals surface area contributed by atoms with Crippen molar-refractivity contribution in [3.8, 4) is 0 Å². The molecule has 15 heavy (non-hydrogen) atoms. The first kappa shape index (κ1) is 12.2. The smallest absolute Gasteiger partial charge is 0.236 e. The van der Waals surface area contributed by atoms with Crippen molar-refractivity contribution in [2.45, 2.75) is 32.1 Å². The third-order valence-corrected chi connectivity index (χ3v) is 2.78. The quantitative estimate of drug-likeness (QED) is 0.551. The molecule has 86 valence electrons. The van der Waals surface area contributed by atoms with E-state index in [9.17, 15) is 4.79 Å². The zero-order valence-electron chi connectivity index (χ0n) is 9.88. The fraction of sp³-hybridized carbons (Fsp3) is 0.750. The molecule has 3 heteroatoms. The molecule has 0 aromatic carbocycles. The molecule has 0 unspecified atom stereocenters.